The molecule has 0 saturated carbocycles. The van der Waals surface area contributed by atoms with E-state index in [9.17, 15) is 9.59 Å². The minimum absolute atomic E-state index is 0.123. The van der Waals surface area contributed by atoms with Gasteiger partial charge in [0.2, 0.25) is 5.91 Å². The first-order chi connectivity index (χ1) is 13.0. The SMILES string of the molecule is CCC(=O)NC(c1ccccc1Cl)c1c(OC(C)=O)ccc2ccccc12. The second-order valence-electron chi connectivity index (χ2n) is 6.17. The van der Waals surface area contributed by atoms with Crippen molar-refractivity contribution in [3.63, 3.8) is 0 Å². The molecule has 0 fully saturated rings. The highest BCUT2D eigenvalue weighted by Crippen LogP contribution is 2.38. The molecular weight excluding hydrogens is 362 g/mol. The van der Waals surface area contributed by atoms with Crippen molar-refractivity contribution in [3.05, 3.63) is 76.8 Å². The van der Waals surface area contributed by atoms with Gasteiger partial charge in [0, 0.05) is 23.9 Å². The van der Waals surface area contributed by atoms with Gasteiger partial charge in [-0.05, 0) is 28.5 Å². The molecule has 5 heteroatoms. The summed E-state index contributed by atoms with van der Waals surface area (Å²) in [6.07, 6.45) is 0.328. The first-order valence-corrected chi connectivity index (χ1v) is 9.13. The molecule has 0 bridgehead atoms. The summed E-state index contributed by atoms with van der Waals surface area (Å²) >= 11 is 6.45. The molecule has 0 aliphatic heterocycles. The fourth-order valence-electron chi connectivity index (χ4n) is 3.09. The minimum Gasteiger partial charge on any atom is -0.426 e. The molecule has 3 aromatic rings. The Morgan fingerprint density at radius 1 is 1.04 bits per heavy atom. The number of carbonyl (C=O) groups excluding carboxylic acids is 2. The zero-order valence-corrected chi connectivity index (χ0v) is 15.9. The topological polar surface area (TPSA) is 55.4 Å². The van der Waals surface area contributed by atoms with Crippen LogP contribution in [-0.4, -0.2) is 11.9 Å². The van der Waals surface area contributed by atoms with Crippen LogP contribution in [0.3, 0.4) is 0 Å². The Balaban J connectivity index is 2.29. The predicted octanol–water partition coefficient (Wildman–Crippen LogP) is 5.03. The molecule has 0 aromatic heterocycles. The quantitative estimate of drug-likeness (QED) is 0.498. The van der Waals surface area contributed by atoms with E-state index in [0.717, 1.165) is 16.3 Å². The number of carbonyl (C=O) groups is 2. The average molecular weight is 382 g/mol. The maximum Gasteiger partial charge on any atom is 0.308 e. The number of hydrogen-bond acceptors (Lipinski definition) is 3. The molecule has 27 heavy (non-hydrogen) atoms. The van der Waals surface area contributed by atoms with Crippen LogP contribution < -0.4 is 10.1 Å². The second-order valence-corrected chi connectivity index (χ2v) is 6.57. The van der Waals surface area contributed by atoms with E-state index < -0.39 is 12.0 Å². The van der Waals surface area contributed by atoms with E-state index >= 15 is 0 Å². The van der Waals surface area contributed by atoms with Gasteiger partial charge in [0.1, 0.15) is 5.75 Å². The number of nitrogens with one attached hydrogen (secondary N) is 1. The van der Waals surface area contributed by atoms with Gasteiger partial charge in [0.05, 0.1) is 6.04 Å². The van der Waals surface area contributed by atoms with Crippen LogP contribution in [0.4, 0.5) is 0 Å². The van der Waals surface area contributed by atoms with E-state index in [1.165, 1.54) is 6.92 Å². The van der Waals surface area contributed by atoms with Gasteiger partial charge in [0.25, 0.3) is 0 Å². The first kappa shape index (κ1) is 18.9. The van der Waals surface area contributed by atoms with Crippen molar-refractivity contribution in [2.45, 2.75) is 26.3 Å². The van der Waals surface area contributed by atoms with Crippen LogP contribution in [0.2, 0.25) is 5.02 Å². The van der Waals surface area contributed by atoms with Crippen LogP contribution in [0.25, 0.3) is 10.8 Å². The third-order valence-corrected chi connectivity index (χ3v) is 4.66. The number of ether oxygens (including phenoxy) is 1. The molecule has 1 atom stereocenters. The summed E-state index contributed by atoms with van der Waals surface area (Å²) in [4.78, 5) is 24.0. The summed E-state index contributed by atoms with van der Waals surface area (Å²) in [6, 6.07) is 18.2. The van der Waals surface area contributed by atoms with Crippen LogP contribution in [0.5, 0.6) is 5.75 Å². The lowest BCUT2D eigenvalue weighted by atomic mass is 9.92. The molecule has 4 nitrogen and oxygen atoms in total. The molecule has 0 spiro atoms. The maximum absolute atomic E-state index is 12.3. The van der Waals surface area contributed by atoms with Crippen LogP contribution in [0, 0.1) is 0 Å². The van der Waals surface area contributed by atoms with Crippen LogP contribution >= 0.6 is 11.6 Å². The molecule has 1 N–H and O–H groups in total. The molecule has 0 aliphatic carbocycles. The van der Waals surface area contributed by atoms with Gasteiger partial charge in [-0.2, -0.15) is 0 Å². The summed E-state index contributed by atoms with van der Waals surface area (Å²) in [6.45, 7) is 3.14. The standard InChI is InChI=1S/C22H20ClNO3/c1-3-20(26)24-22(17-10-6-7-11-18(17)23)21-16-9-5-4-8-15(16)12-13-19(21)27-14(2)25/h4-13,22H,3H2,1-2H3,(H,24,26). The van der Waals surface area contributed by atoms with E-state index in [4.69, 9.17) is 16.3 Å². The predicted molar refractivity (Wildman–Crippen MR) is 107 cm³/mol. The summed E-state index contributed by atoms with van der Waals surface area (Å²) < 4.78 is 5.48. The third-order valence-electron chi connectivity index (χ3n) is 4.32. The summed E-state index contributed by atoms with van der Waals surface area (Å²) in [5.41, 5.74) is 1.45. The van der Waals surface area contributed by atoms with Crippen molar-refractivity contribution < 1.29 is 14.3 Å². The van der Waals surface area contributed by atoms with E-state index in [1.807, 2.05) is 48.5 Å². The van der Waals surface area contributed by atoms with Gasteiger partial charge < -0.3 is 10.1 Å². The Labute approximate surface area is 163 Å². The summed E-state index contributed by atoms with van der Waals surface area (Å²) in [5, 5.41) is 5.42. The van der Waals surface area contributed by atoms with Gasteiger partial charge in [-0.25, -0.2) is 0 Å². The third kappa shape index (κ3) is 4.12. The number of fused-ring (bicyclic) bond motifs is 1. The van der Waals surface area contributed by atoms with Crippen molar-refractivity contribution in [2.24, 2.45) is 0 Å². The smallest absolute Gasteiger partial charge is 0.308 e. The molecule has 0 saturated heterocycles. The molecule has 1 amide bonds. The maximum atomic E-state index is 12.3. The van der Waals surface area contributed by atoms with E-state index in [2.05, 4.69) is 5.32 Å². The van der Waals surface area contributed by atoms with Crippen molar-refractivity contribution in [3.8, 4) is 5.75 Å². The van der Waals surface area contributed by atoms with E-state index in [0.29, 0.717) is 22.8 Å². The zero-order chi connectivity index (χ0) is 19.4. The lowest BCUT2D eigenvalue weighted by Crippen LogP contribution is -2.29. The monoisotopic (exact) mass is 381 g/mol. The minimum atomic E-state index is -0.549. The molecule has 3 rings (SSSR count). The number of esters is 1. The molecule has 0 aliphatic rings. The van der Waals surface area contributed by atoms with Crippen LogP contribution in [0.1, 0.15) is 37.4 Å². The van der Waals surface area contributed by atoms with Crippen LogP contribution in [-0.2, 0) is 9.59 Å². The van der Waals surface area contributed by atoms with E-state index in [-0.39, 0.29) is 5.91 Å². The largest absolute Gasteiger partial charge is 0.426 e. The Hall–Kier alpha value is -2.85. The van der Waals surface area contributed by atoms with Gasteiger partial charge >= 0.3 is 5.97 Å². The second kappa shape index (κ2) is 8.23. The number of amides is 1. The van der Waals surface area contributed by atoms with Crippen LogP contribution in [0.15, 0.2) is 60.7 Å². The molecule has 0 heterocycles. The highest BCUT2D eigenvalue weighted by Gasteiger charge is 2.25. The van der Waals surface area contributed by atoms with Crippen molar-refractivity contribution in [1.29, 1.82) is 0 Å². The van der Waals surface area contributed by atoms with E-state index in [1.54, 1.807) is 19.1 Å². The van der Waals surface area contributed by atoms with Gasteiger partial charge in [-0.3, -0.25) is 9.59 Å². The highest BCUT2D eigenvalue weighted by atomic mass is 35.5. The van der Waals surface area contributed by atoms with Gasteiger partial charge in [-0.15, -0.1) is 0 Å². The molecule has 138 valence electrons. The summed E-state index contributed by atoms with van der Waals surface area (Å²) in [5.74, 6) is -0.143. The highest BCUT2D eigenvalue weighted by molar-refractivity contribution is 6.31. The Morgan fingerprint density at radius 2 is 1.74 bits per heavy atom. The summed E-state index contributed by atoms with van der Waals surface area (Å²) in [7, 11) is 0. The fraction of sp³-hybridized carbons (Fsp3) is 0.182. The molecule has 0 radical (unpaired) electrons. The first-order valence-electron chi connectivity index (χ1n) is 8.75. The Morgan fingerprint density at radius 3 is 2.44 bits per heavy atom. The molecule has 3 aromatic carbocycles. The van der Waals surface area contributed by atoms with Crippen molar-refractivity contribution >= 4 is 34.2 Å². The van der Waals surface area contributed by atoms with Crippen molar-refractivity contribution in [2.75, 3.05) is 0 Å². The number of rotatable bonds is 5. The normalized spacial score (nSPS) is 11.8. The molecule has 1 unspecified atom stereocenters. The number of hydrogen-bond donors (Lipinski definition) is 1. The average Bonchev–Trinajstić information content (AvgIpc) is 2.66. The lowest BCUT2D eigenvalue weighted by molar-refractivity contribution is -0.131. The molecular formula is C22H20ClNO3. The Kier molecular flexibility index (Phi) is 5.77. The number of benzene rings is 3. The van der Waals surface area contributed by atoms with Gasteiger partial charge in [0.15, 0.2) is 0 Å². The Bertz CT molecular complexity index is 1000. The lowest BCUT2D eigenvalue weighted by Gasteiger charge is -2.24. The van der Waals surface area contributed by atoms with Gasteiger partial charge in [-0.1, -0.05) is 67.1 Å². The van der Waals surface area contributed by atoms with Crippen molar-refractivity contribution in [1.82, 2.24) is 5.32 Å². The fourth-order valence-corrected chi connectivity index (χ4v) is 3.34. The number of halogens is 1. The zero-order valence-electron chi connectivity index (χ0n) is 15.2.